The summed E-state index contributed by atoms with van der Waals surface area (Å²) in [6.45, 7) is 13.0. The molecule has 1 aromatic carbocycles. The van der Waals surface area contributed by atoms with E-state index in [0.29, 0.717) is 24.9 Å². The SMILES string of the molecule is CCOc1cccc(CN(Cc2cccnc2)C2CC(C)(C)NC(C)(C)C2)c1O. The standard InChI is InChI=1S/C24H35N3O2/c1-6-29-21-11-7-10-19(22(21)28)17-27(16-18-9-8-12-25-15-18)20-13-23(2,3)26-24(4,5)14-20/h7-12,15,20,26,28H,6,13-14,16-17H2,1-5H3. The molecule has 1 saturated heterocycles. The van der Waals surface area contributed by atoms with Gasteiger partial charge in [-0.05, 0) is 65.2 Å². The van der Waals surface area contributed by atoms with Crippen LogP contribution in [0.4, 0.5) is 0 Å². The number of hydrogen-bond donors (Lipinski definition) is 2. The van der Waals surface area contributed by atoms with E-state index >= 15 is 0 Å². The van der Waals surface area contributed by atoms with E-state index in [0.717, 1.165) is 24.9 Å². The third-order valence-corrected chi connectivity index (χ3v) is 5.55. The maximum atomic E-state index is 10.8. The van der Waals surface area contributed by atoms with E-state index in [1.165, 1.54) is 5.56 Å². The number of aromatic nitrogens is 1. The van der Waals surface area contributed by atoms with E-state index < -0.39 is 0 Å². The molecule has 2 heterocycles. The lowest BCUT2D eigenvalue weighted by Crippen LogP contribution is -2.62. The largest absolute Gasteiger partial charge is 0.504 e. The number of aromatic hydroxyl groups is 1. The summed E-state index contributed by atoms with van der Waals surface area (Å²) in [6.07, 6.45) is 5.83. The van der Waals surface area contributed by atoms with E-state index in [-0.39, 0.29) is 16.8 Å². The summed E-state index contributed by atoms with van der Waals surface area (Å²) >= 11 is 0. The van der Waals surface area contributed by atoms with Crippen molar-refractivity contribution in [3.05, 3.63) is 53.9 Å². The Morgan fingerprint density at radius 1 is 1.10 bits per heavy atom. The molecule has 2 aromatic rings. The van der Waals surface area contributed by atoms with E-state index in [9.17, 15) is 5.11 Å². The molecule has 5 heteroatoms. The van der Waals surface area contributed by atoms with Gasteiger partial charge in [0.1, 0.15) is 0 Å². The molecule has 1 aliphatic heterocycles. The van der Waals surface area contributed by atoms with Crippen molar-refractivity contribution in [1.29, 1.82) is 0 Å². The maximum absolute atomic E-state index is 10.8. The Balaban J connectivity index is 1.90. The van der Waals surface area contributed by atoms with Gasteiger partial charge in [0.25, 0.3) is 0 Å². The minimum Gasteiger partial charge on any atom is -0.504 e. The van der Waals surface area contributed by atoms with Crippen molar-refractivity contribution in [2.24, 2.45) is 0 Å². The molecular formula is C24H35N3O2. The van der Waals surface area contributed by atoms with Crippen LogP contribution in [0.5, 0.6) is 11.5 Å². The van der Waals surface area contributed by atoms with Gasteiger partial charge >= 0.3 is 0 Å². The van der Waals surface area contributed by atoms with Crippen LogP contribution in [0.3, 0.4) is 0 Å². The van der Waals surface area contributed by atoms with E-state index in [1.807, 2.05) is 43.6 Å². The molecule has 29 heavy (non-hydrogen) atoms. The molecule has 5 nitrogen and oxygen atoms in total. The molecule has 1 aliphatic rings. The van der Waals surface area contributed by atoms with Crippen LogP contribution in [0, 0.1) is 0 Å². The molecule has 0 bridgehead atoms. The summed E-state index contributed by atoms with van der Waals surface area (Å²) in [4.78, 5) is 6.77. The van der Waals surface area contributed by atoms with Crippen molar-refractivity contribution in [1.82, 2.24) is 15.2 Å². The Kier molecular flexibility index (Phi) is 6.49. The molecule has 0 saturated carbocycles. The zero-order chi connectivity index (χ0) is 21.1. The molecule has 1 fully saturated rings. The summed E-state index contributed by atoms with van der Waals surface area (Å²) in [6, 6.07) is 10.3. The lowest BCUT2D eigenvalue weighted by molar-refractivity contribution is 0.0558. The van der Waals surface area contributed by atoms with Crippen LogP contribution in [-0.2, 0) is 13.1 Å². The predicted octanol–water partition coefficient (Wildman–Crippen LogP) is 4.50. The lowest BCUT2D eigenvalue weighted by atomic mass is 9.78. The summed E-state index contributed by atoms with van der Waals surface area (Å²) in [5.74, 6) is 0.801. The third-order valence-electron chi connectivity index (χ3n) is 5.55. The highest BCUT2D eigenvalue weighted by molar-refractivity contribution is 5.45. The molecule has 0 atom stereocenters. The van der Waals surface area contributed by atoms with Crippen LogP contribution < -0.4 is 10.1 Å². The highest BCUT2D eigenvalue weighted by Gasteiger charge is 2.40. The van der Waals surface area contributed by atoms with Crippen molar-refractivity contribution >= 4 is 0 Å². The van der Waals surface area contributed by atoms with E-state index in [1.54, 1.807) is 0 Å². The van der Waals surface area contributed by atoms with Crippen LogP contribution in [0.2, 0.25) is 0 Å². The molecule has 0 spiro atoms. The first-order valence-corrected chi connectivity index (χ1v) is 10.5. The van der Waals surface area contributed by atoms with E-state index in [2.05, 4.69) is 49.0 Å². The lowest BCUT2D eigenvalue weighted by Gasteiger charge is -2.49. The van der Waals surface area contributed by atoms with Gasteiger partial charge in [-0.25, -0.2) is 0 Å². The molecule has 158 valence electrons. The Morgan fingerprint density at radius 2 is 1.83 bits per heavy atom. The number of nitrogens with zero attached hydrogens (tertiary/aromatic N) is 2. The minimum atomic E-state index is 0.0504. The molecule has 0 amide bonds. The Morgan fingerprint density at radius 3 is 2.45 bits per heavy atom. The van der Waals surface area contributed by atoms with Crippen LogP contribution in [0.25, 0.3) is 0 Å². The number of hydrogen-bond acceptors (Lipinski definition) is 5. The van der Waals surface area contributed by atoms with Crippen molar-refractivity contribution in [2.75, 3.05) is 6.61 Å². The van der Waals surface area contributed by atoms with Crippen LogP contribution in [0.15, 0.2) is 42.7 Å². The Bertz CT molecular complexity index is 789. The minimum absolute atomic E-state index is 0.0504. The smallest absolute Gasteiger partial charge is 0.162 e. The van der Waals surface area contributed by atoms with Crippen molar-refractivity contribution in [2.45, 2.75) is 77.7 Å². The monoisotopic (exact) mass is 397 g/mol. The van der Waals surface area contributed by atoms with Gasteiger partial charge < -0.3 is 15.2 Å². The van der Waals surface area contributed by atoms with Gasteiger partial charge in [-0.3, -0.25) is 9.88 Å². The van der Waals surface area contributed by atoms with Gasteiger partial charge in [0, 0.05) is 48.2 Å². The normalized spacial score (nSPS) is 18.7. The summed E-state index contributed by atoms with van der Waals surface area (Å²) in [7, 11) is 0. The second kappa shape index (κ2) is 8.72. The van der Waals surface area contributed by atoms with Gasteiger partial charge in [0.05, 0.1) is 6.61 Å². The third kappa shape index (κ3) is 5.71. The molecule has 2 N–H and O–H groups in total. The number of phenolic OH excluding ortho intramolecular Hbond substituents is 1. The van der Waals surface area contributed by atoms with Crippen LogP contribution in [-0.4, -0.2) is 38.7 Å². The average Bonchev–Trinajstić information content (AvgIpc) is 2.63. The van der Waals surface area contributed by atoms with Gasteiger partial charge in [-0.15, -0.1) is 0 Å². The topological polar surface area (TPSA) is 57.6 Å². The van der Waals surface area contributed by atoms with Gasteiger partial charge in [0.2, 0.25) is 0 Å². The number of rotatable bonds is 7. The first kappa shape index (κ1) is 21.6. The molecule has 1 aromatic heterocycles. The fourth-order valence-corrected chi connectivity index (χ4v) is 4.75. The van der Waals surface area contributed by atoms with Crippen molar-refractivity contribution in [3.63, 3.8) is 0 Å². The van der Waals surface area contributed by atoms with Crippen LogP contribution in [0.1, 0.15) is 58.6 Å². The molecule has 0 unspecified atom stereocenters. The fourth-order valence-electron chi connectivity index (χ4n) is 4.75. The first-order chi connectivity index (χ1) is 13.7. The fraction of sp³-hybridized carbons (Fsp3) is 0.542. The first-order valence-electron chi connectivity index (χ1n) is 10.5. The van der Waals surface area contributed by atoms with Gasteiger partial charge in [-0.1, -0.05) is 18.2 Å². The number of nitrogens with one attached hydrogen (secondary N) is 1. The number of para-hydroxylation sites is 1. The number of benzene rings is 1. The number of piperidine rings is 1. The summed E-state index contributed by atoms with van der Waals surface area (Å²) in [5.41, 5.74) is 2.18. The Hall–Kier alpha value is -2.11. The number of ether oxygens (including phenoxy) is 1. The van der Waals surface area contributed by atoms with Gasteiger partial charge in [0.15, 0.2) is 11.5 Å². The second-order valence-corrected chi connectivity index (χ2v) is 9.42. The highest BCUT2D eigenvalue weighted by atomic mass is 16.5. The maximum Gasteiger partial charge on any atom is 0.162 e. The van der Waals surface area contributed by atoms with E-state index in [4.69, 9.17) is 4.74 Å². The van der Waals surface area contributed by atoms with Gasteiger partial charge in [-0.2, -0.15) is 0 Å². The molecule has 0 aliphatic carbocycles. The molecular weight excluding hydrogens is 362 g/mol. The quantitative estimate of drug-likeness (QED) is 0.720. The average molecular weight is 398 g/mol. The van der Waals surface area contributed by atoms with Crippen molar-refractivity contribution in [3.8, 4) is 11.5 Å². The summed E-state index contributed by atoms with van der Waals surface area (Å²) in [5, 5.41) is 14.5. The summed E-state index contributed by atoms with van der Waals surface area (Å²) < 4.78 is 5.60. The zero-order valence-corrected chi connectivity index (χ0v) is 18.4. The number of phenols is 1. The molecule has 3 rings (SSSR count). The zero-order valence-electron chi connectivity index (χ0n) is 18.4. The Labute approximate surface area is 175 Å². The number of pyridine rings is 1. The highest BCUT2D eigenvalue weighted by Crippen LogP contribution is 2.36. The van der Waals surface area contributed by atoms with Crippen molar-refractivity contribution < 1.29 is 9.84 Å². The molecule has 0 radical (unpaired) electrons. The predicted molar refractivity (Wildman–Crippen MR) is 117 cm³/mol. The van der Waals surface area contributed by atoms with Crippen LogP contribution >= 0.6 is 0 Å². The second-order valence-electron chi connectivity index (χ2n) is 9.42.